The summed E-state index contributed by atoms with van der Waals surface area (Å²) in [5.74, 6) is -0.430. The Morgan fingerprint density at radius 1 is 0.909 bits per heavy atom. The molecule has 8 heteroatoms. The van der Waals surface area contributed by atoms with Gasteiger partial charge in [-0.05, 0) is 48.0 Å². The van der Waals surface area contributed by atoms with Gasteiger partial charge in [-0.2, -0.15) is 0 Å². The Morgan fingerprint density at radius 3 is 2.39 bits per heavy atom. The molecule has 0 bridgehead atoms. The topological polar surface area (TPSA) is 94.8 Å². The molecule has 0 aliphatic rings. The van der Waals surface area contributed by atoms with Crippen molar-refractivity contribution in [2.24, 2.45) is 0 Å². The van der Waals surface area contributed by atoms with E-state index in [9.17, 15) is 14.4 Å². The number of rotatable bonds is 7. The third-order valence-corrected chi connectivity index (χ3v) is 5.18. The fourth-order valence-electron chi connectivity index (χ4n) is 3.02. The van der Waals surface area contributed by atoms with E-state index < -0.39 is 17.5 Å². The van der Waals surface area contributed by atoms with Crippen LogP contribution in [0.4, 0.5) is 0 Å². The summed E-state index contributed by atoms with van der Waals surface area (Å²) in [6.45, 7) is -0.00148. The predicted molar refractivity (Wildman–Crippen MR) is 125 cm³/mol. The first-order valence-corrected chi connectivity index (χ1v) is 10.8. The highest BCUT2D eigenvalue weighted by atomic mass is 79.9. The van der Waals surface area contributed by atoms with Gasteiger partial charge in [-0.25, -0.2) is 9.59 Å². The van der Waals surface area contributed by atoms with Crippen molar-refractivity contribution in [1.29, 1.82) is 0 Å². The van der Waals surface area contributed by atoms with Crippen LogP contribution < -0.4 is 20.4 Å². The molecular weight excluding hydrogens is 490 g/mol. The van der Waals surface area contributed by atoms with Gasteiger partial charge >= 0.3 is 11.6 Å². The molecule has 1 N–H and O–H groups in total. The van der Waals surface area contributed by atoms with Crippen LogP contribution in [0.5, 0.6) is 11.5 Å². The molecule has 0 fully saturated rings. The van der Waals surface area contributed by atoms with Crippen molar-refractivity contribution in [2.45, 2.75) is 6.54 Å². The van der Waals surface area contributed by atoms with Gasteiger partial charge in [-0.3, -0.25) is 4.79 Å². The second-order valence-corrected chi connectivity index (χ2v) is 7.95. The Hall–Kier alpha value is -3.91. The first kappa shape index (κ1) is 22.3. The fraction of sp³-hybridized carbons (Fsp3) is 0.0800. The molecule has 4 rings (SSSR count). The predicted octanol–water partition coefficient (Wildman–Crippen LogP) is 4.47. The lowest BCUT2D eigenvalue weighted by molar-refractivity contribution is -0.136. The second kappa shape index (κ2) is 10.1. The molecule has 0 saturated heterocycles. The van der Waals surface area contributed by atoms with Crippen molar-refractivity contribution in [3.05, 3.63) is 105 Å². The van der Waals surface area contributed by atoms with Crippen LogP contribution in [-0.2, 0) is 11.3 Å². The maximum atomic E-state index is 12.4. The number of hydrogen-bond donors (Lipinski definition) is 1. The van der Waals surface area contributed by atoms with E-state index >= 15 is 0 Å². The molecule has 0 saturated carbocycles. The van der Waals surface area contributed by atoms with E-state index in [1.165, 1.54) is 12.1 Å². The SMILES string of the molecule is O=C(COc1ccc(Br)cc1)Oc1ccc2cc(C(=O)NCc3ccccc3)c(=O)oc2c1. The van der Waals surface area contributed by atoms with Gasteiger partial charge in [0.05, 0.1) is 0 Å². The molecule has 7 nitrogen and oxygen atoms in total. The molecule has 0 atom stereocenters. The van der Waals surface area contributed by atoms with Crippen LogP contribution >= 0.6 is 15.9 Å². The number of halogens is 1. The quantitative estimate of drug-likeness (QED) is 0.225. The monoisotopic (exact) mass is 507 g/mol. The Morgan fingerprint density at radius 2 is 1.64 bits per heavy atom. The van der Waals surface area contributed by atoms with Gasteiger partial charge in [0.1, 0.15) is 22.6 Å². The largest absolute Gasteiger partial charge is 0.482 e. The van der Waals surface area contributed by atoms with Crippen LogP contribution in [0.3, 0.4) is 0 Å². The lowest BCUT2D eigenvalue weighted by Crippen LogP contribution is -2.27. The number of fused-ring (bicyclic) bond motifs is 1. The summed E-state index contributed by atoms with van der Waals surface area (Å²) in [7, 11) is 0. The molecule has 0 aliphatic carbocycles. The molecule has 3 aromatic carbocycles. The molecule has 1 heterocycles. The molecule has 4 aromatic rings. The van der Waals surface area contributed by atoms with E-state index in [4.69, 9.17) is 13.9 Å². The van der Waals surface area contributed by atoms with Crippen molar-refractivity contribution in [3.8, 4) is 11.5 Å². The highest BCUT2D eigenvalue weighted by Gasteiger charge is 2.15. The normalized spacial score (nSPS) is 10.6. The second-order valence-electron chi connectivity index (χ2n) is 7.03. The molecule has 0 unspecified atom stereocenters. The Labute approximate surface area is 197 Å². The average molecular weight is 508 g/mol. The maximum absolute atomic E-state index is 12.4. The standard InChI is InChI=1S/C25H18BrNO6/c26-18-7-10-19(11-8-18)31-15-23(28)32-20-9-6-17-12-21(25(30)33-22(17)13-20)24(29)27-14-16-4-2-1-3-5-16/h1-13H,14-15H2,(H,27,29). The Balaban J connectivity index is 1.41. The van der Waals surface area contributed by atoms with Gasteiger partial charge in [-0.1, -0.05) is 46.3 Å². The lowest BCUT2D eigenvalue weighted by atomic mass is 10.1. The summed E-state index contributed by atoms with van der Waals surface area (Å²) in [5, 5.41) is 3.22. The summed E-state index contributed by atoms with van der Waals surface area (Å²) in [4.78, 5) is 36.9. The first-order valence-electron chi connectivity index (χ1n) is 9.97. The van der Waals surface area contributed by atoms with E-state index in [1.807, 2.05) is 30.3 Å². The van der Waals surface area contributed by atoms with Crippen LogP contribution in [0.1, 0.15) is 15.9 Å². The Bertz CT molecular complexity index is 1350. The van der Waals surface area contributed by atoms with Gasteiger partial charge < -0.3 is 19.2 Å². The van der Waals surface area contributed by atoms with Gasteiger partial charge in [0.15, 0.2) is 6.61 Å². The number of hydrogen-bond acceptors (Lipinski definition) is 6. The van der Waals surface area contributed by atoms with Crippen LogP contribution in [0.15, 0.2) is 92.5 Å². The third-order valence-electron chi connectivity index (χ3n) is 4.65. The minimum absolute atomic E-state index is 0.105. The minimum atomic E-state index is -0.782. The summed E-state index contributed by atoms with van der Waals surface area (Å²) in [6.07, 6.45) is 0. The number of amides is 1. The number of benzene rings is 3. The zero-order chi connectivity index (χ0) is 23.2. The molecule has 33 heavy (non-hydrogen) atoms. The van der Waals surface area contributed by atoms with Gasteiger partial charge in [0.25, 0.3) is 5.91 Å². The van der Waals surface area contributed by atoms with Crippen LogP contribution in [0.25, 0.3) is 11.0 Å². The zero-order valence-electron chi connectivity index (χ0n) is 17.2. The maximum Gasteiger partial charge on any atom is 0.349 e. The molecule has 166 valence electrons. The molecule has 1 amide bonds. The summed E-state index contributed by atoms with van der Waals surface area (Å²) >= 11 is 3.32. The number of ether oxygens (including phenoxy) is 2. The number of nitrogens with one attached hydrogen (secondary N) is 1. The highest BCUT2D eigenvalue weighted by molar-refractivity contribution is 9.10. The van der Waals surface area contributed by atoms with Crippen LogP contribution in [0, 0.1) is 0 Å². The molecule has 0 aliphatic heterocycles. The first-order chi connectivity index (χ1) is 16.0. The highest BCUT2D eigenvalue weighted by Crippen LogP contribution is 2.21. The lowest BCUT2D eigenvalue weighted by Gasteiger charge is -2.08. The number of carbonyl (C=O) groups is 2. The fourth-order valence-corrected chi connectivity index (χ4v) is 3.29. The third kappa shape index (κ3) is 5.87. The minimum Gasteiger partial charge on any atom is -0.482 e. The smallest absolute Gasteiger partial charge is 0.349 e. The van der Waals surface area contributed by atoms with Crippen molar-refractivity contribution in [2.75, 3.05) is 6.61 Å². The summed E-state index contributed by atoms with van der Waals surface area (Å²) in [6, 6.07) is 22.4. The average Bonchev–Trinajstić information content (AvgIpc) is 2.82. The van der Waals surface area contributed by atoms with E-state index in [-0.39, 0.29) is 30.0 Å². The zero-order valence-corrected chi connectivity index (χ0v) is 18.8. The molecule has 1 aromatic heterocycles. The van der Waals surface area contributed by atoms with Crippen molar-refractivity contribution < 1.29 is 23.5 Å². The van der Waals surface area contributed by atoms with Crippen LogP contribution in [0.2, 0.25) is 0 Å². The summed E-state index contributed by atoms with van der Waals surface area (Å²) in [5.41, 5.74) is 0.214. The van der Waals surface area contributed by atoms with Gasteiger partial charge in [0.2, 0.25) is 0 Å². The molecule has 0 radical (unpaired) electrons. The molecular formula is C25H18BrNO6. The van der Waals surface area contributed by atoms with Crippen molar-refractivity contribution in [1.82, 2.24) is 5.32 Å². The molecule has 0 spiro atoms. The van der Waals surface area contributed by atoms with Gasteiger partial charge in [-0.15, -0.1) is 0 Å². The van der Waals surface area contributed by atoms with Crippen molar-refractivity contribution >= 4 is 38.8 Å². The van der Waals surface area contributed by atoms with E-state index in [1.54, 1.807) is 36.4 Å². The van der Waals surface area contributed by atoms with E-state index in [2.05, 4.69) is 21.2 Å². The van der Waals surface area contributed by atoms with Crippen molar-refractivity contribution in [3.63, 3.8) is 0 Å². The van der Waals surface area contributed by atoms with Gasteiger partial charge in [0, 0.05) is 22.5 Å². The number of esters is 1. The number of carbonyl (C=O) groups excluding carboxylic acids is 2. The summed E-state index contributed by atoms with van der Waals surface area (Å²) < 4.78 is 16.8. The van der Waals surface area contributed by atoms with E-state index in [0.29, 0.717) is 11.1 Å². The van der Waals surface area contributed by atoms with E-state index in [0.717, 1.165) is 10.0 Å². The Kier molecular flexibility index (Phi) is 6.85. The van der Waals surface area contributed by atoms with Crippen LogP contribution in [-0.4, -0.2) is 18.5 Å².